The van der Waals surface area contributed by atoms with Crippen LogP contribution in [-0.4, -0.2) is 25.0 Å². The maximum Gasteiger partial charge on any atom is 0.281 e. The third-order valence-electron chi connectivity index (χ3n) is 3.84. The molecule has 0 fully saturated rings. The van der Waals surface area contributed by atoms with E-state index < -0.39 is 11.8 Å². The number of halogens is 1. The molecule has 8 heteroatoms. The highest BCUT2D eigenvalue weighted by molar-refractivity contribution is 7.21. The van der Waals surface area contributed by atoms with Gasteiger partial charge in [-0.15, -0.1) is 11.3 Å². The predicted molar refractivity (Wildman–Crippen MR) is 99.2 cm³/mol. The van der Waals surface area contributed by atoms with Crippen molar-refractivity contribution in [3.63, 3.8) is 0 Å². The lowest BCUT2D eigenvalue weighted by atomic mass is 10.2. The second-order valence-corrected chi connectivity index (χ2v) is 6.94. The molecular formula is C18H13ClN2O4S. The zero-order valence-electron chi connectivity index (χ0n) is 13.4. The standard InChI is InChI=1S/C18H13ClN2O4S/c19-15-11-3-1-2-4-14(11)26-16(15)18(23)21-20-17(22)10-5-6-12-13(9-10)25-8-7-24-12/h1-6,9H,7-8H2,(H,20,22)(H,21,23). The van der Waals surface area contributed by atoms with Gasteiger partial charge in [-0.3, -0.25) is 20.4 Å². The highest BCUT2D eigenvalue weighted by atomic mass is 35.5. The Hall–Kier alpha value is -2.77. The van der Waals surface area contributed by atoms with Gasteiger partial charge in [-0.05, 0) is 24.3 Å². The summed E-state index contributed by atoms with van der Waals surface area (Å²) in [6.07, 6.45) is 0. The number of fused-ring (bicyclic) bond motifs is 2. The van der Waals surface area contributed by atoms with Crippen LogP contribution in [0.2, 0.25) is 5.02 Å². The van der Waals surface area contributed by atoms with Gasteiger partial charge in [0.2, 0.25) is 0 Å². The first-order valence-electron chi connectivity index (χ1n) is 7.81. The molecule has 0 saturated heterocycles. The van der Waals surface area contributed by atoms with Gasteiger partial charge in [-0.2, -0.15) is 0 Å². The molecule has 0 radical (unpaired) electrons. The SMILES string of the molecule is O=C(NNC(=O)c1sc2ccccc2c1Cl)c1ccc2c(c1)OCCO2. The number of hydrogen-bond donors (Lipinski definition) is 2. The van der Waals surface area contributed by atoms with Crippen LogP contribution >= 0.6 is 22.9 Å². The summed E-state index contributed by atoms with van der Waals surface area (Å²) in [5.41, 5.74) is 5.13. The number of hydrogen-bond acceptors (Lipinski definition) is 5. The van der Waals surface area contributed by atoms with E-state index >= 15 is 0 Å². The minimum Gasteiger partial charge on any atom is -0.486 e. The zero-order chi connectivity index (χ0) is 18.1. The van der Waals surface area contributed by atoms with Crippen molar-refractivity contribution in [1.29, 1.82) is 0 Å². The summed E-state index contributed by atoms with van der Waals surface area (Å²) in [5, 5.41) is 1.18. The summed E-state index contributed by atoms with van der Waals surface area (Å²) >= 11 is 7.54. The molecule has 2 aromatic carbocycles. The van der Waals surface area contributed by atoms with Crippen LogP contribution in [0.5, 0.6) is 11.5 Å². The highest BCUT2D eigenvalue weighted by Gasteiger charge is 2.19. The Morgan fingerprint density at radius 1 is 0.962 bits per heavy atom. The molecule has 0 atom stereocenters. The van der Waals surface area contributed by atoms with Gasteiger partial charge in [0.05, 0.1) is 5.02 Å². The van der Waals surface area contributed by atoms with Crippen molar-refractivity contribution in [2.24, 2.45) is 0 Å². The first-order valence-corrected chi connectivity index (χ1v) is 9.00. The number of rotatable bonds is 2. The van der Waals surface area contributed by atoms with Gasteiger partial charge in [-0.25, -0.2) is 0 Å². The Morgan fingerprint density at radius 3 is 2.50 bits per heavy atom. The Bertz CT molecular complexity index is 1020. The van der Waals surface area contributed by atoms with Crippen LogP contribution in [0.15, 0.2) is 42.5 Å². The molecule has 3 aromatic rings. The molecule has 0 unspecified atom stereocenters. The van der Waals surface area contributed by atoms with Crippen molar-refractivity contribution in [3.8, 4) is 11.5 Å². The molecular weight excluding hydrogens is 376 g/mol. The van der Waals surface area contributed by atoms with Crippen molar-refractivity contribution in [3.05, 3.63) is 57.9 Å². The number of carbonyl (C=O) groups excluding carboxylic acids is 2. The molecule has 0 bridgehead atoms. The second-order valence-electron chi connectivity index (χ2n) is 5.51. The van der Waals surface area contributed by atoms with E-state index in [1.807, 2.05) is 24.3 Å². The summed E-state index contributed by atoms with van der Waals surface area (Å²) in [6, 6.07) is 12.3. The maximum absolute atomic E-state index is 12.4. The van der Waals surface area contributed by atoms with Gasteiger partial charge in [0, 0.05) is 15.6 Å². The number of nitrogens with one attached hydrogen (secondary N) is 2. The molecule has 2 heterocycles. The molecule has 26 heavy (non-hydrogen) atoms. The normalized spacial score (nSPS) is 12.7. The quantitative estimate of drug-likeness (QED) is 0.660. The molecule has 2 amide bonds. The molecule has 132 valence electrons. The third-order valence-corrected chi connectivity index (χ3v) is 5.51. The van der Waals surface area contributed by atoms with Gasteiger partial charge >= 0.3 is 0 Å². The number of thiophene rings is 1. The Balaban J connectivity index is 1.47. The fraction of sp³-hybridized carbons (Fsp3) is 0.111. The van der Waals surface area contributed by atoms with E-state index in [4.69, 9.17) is 21.1 Å². The fourth-order valence-corrected chi connectivity index (χ4v) is 4.00. The van der Waals surface area contributed by atoms with Crippen molar-refractivity contribution >= 4 is 44.8 Å². The second kappa shape index (κ2) is 6.86. The monoisotopic (exact) mass is 388 g/mol. The predicted octanol–water partition coefficient (Wildman–Crippen LogP) is 3.40. The van der Waals surface area contributed by atoms with E-state index in [0.717, 1.165) is 10.1 Å². The summed E-state index contributed by atoms with van der Waals surface area (Å²) in [5.74, 6) is 0.159. The minimum atomic E-state index is -0.470. The Morgan fingerprint density at radius 2 is 1.69 bits per heavy atom. The molecule has 0 saturated carbocycles. The number of ether oxygens (including phenoxy) is 2. The van der Waals surface area contributed by atoms with E-state index in [9.17, 15) is 9.59 Å². The fourth-order valence-electron chi connectivity index (χ4n) is 2.59. The van der Waals surface area contributed by atoms with E-state index in [2.05, 4.69) is 10.9 Å². The Kier molecular flexibility index (Phi) is 4.40. The number of hydrazine groups is 1. The molecule has 6 nitrogen and oxygen atoms in total. The molecule has 2 N–H and O–H groups in total. The first kappa shape index (κ1) is 16.7. The van der Waals surface area contributed by atoms with E-state index in [1.54, 1.807) is 18.2 Å². The van der Waals surface area contributed by atoms with Crippen LogP contribution < -0.4 is 20.3 Å². The third kappa shape index (κ3) is 3.07. The molecule has 0 aliphatic carbocycles. The molecule has 0 spiro atoms. The summed E-state index contributed by atoms with van der Waals surface area (Å²) in [7, 11) is 0. The summed E-state index contributed by atoms with van der Waals surface area (Å²) in [4.78, 5) is 25.0. The van der Waals surface area contributed by atoms with Crippen LogP contribution in [0.3, 0.4) is 0 Å². The highest BCUT2D eigenvalue weighted by Crippen LogP contribution is 2.35. The molecule has 4 rings (SSSR count). The number of carbonyl (C=O) groups is 2. The van der Waals surface area contributed by atoms with Crippen molar-refractivity contribution < 1.29 is 19.1 Å². The Labute approximate surface area is 157 Å². The largest absolute Gasteiger partial charge is 0.486 e. The lowest BCUT2D eigenvalue weighted by Crippen LogP contribution is -2.41. The minimum absolute atomic E-state index is 0.343. The van der Waals surface area contributed by atoms with Gasteiger partial charge in [0.1, 0.15) is 18.1 Å². The first-order chi connectivity index (χ1) is 12.6. The smallest absolute Gasteiger partial charge is 0.281 e. The summed E-state index contributed by atoms with van der Waals surface area (Å²) in [6.45, 7) is 0.907. The van der Waals surface area contributed by atoms with Gasteiger partial charge in [0.15, 0.2) is 11.5 Å². The van der Waals surface area contributed by atoms with Gasteiger partial charge in [-0.1, -0.05) is 29.8 Å². The van der Waals surface area contributed by atoms with Crippen LogP contribution in [0, 0.1) is 0 Å². The van der Waals surface area contributed by atoms with Gasteiger partial charge in [0.25, 0.3) is 11.8 Å². The zero-order valence-corrected chi connectivity index (χ0v) is 14.9. The maximum atomic E-state index is 12.4. The van der Waals surface area contributed by atoms with Crippen LogP contribution in [0.25, 0.3) is 10.1 Å². The average Bonchev–Trinajstić information content (AvgIpc) is 3.02. The van der Waals surface area contributed by atoms with Gasteiger partial charge < -0.3 is 9.47 Å². The van der Waals surface area contributed by atoms with Crippen molar-refractivity contribution in [1.82, 2.24) is 10.9 Å². The number of benzene rings is 2. The van der Waals surface area contributed by atoms with Crippen molar-refractivity contribution in [2.45, 2.75) is 0 Å². The van der Waals surface area contributed by atoms with E-state index in [0.29, 0.717) is 40.2 Å². The van der Waals surface area contributed by atoms with Crippen molar-refractivity contribution in [2.75, 3.05) is 13.2 Å². The molecule has 1 aliphatic rings. The molecule has 1 aliphatic heterocycles. The van der Waals surface area contributed by atoms with E-state index in [-0.39, 0.29) is 0 Å². The average molecular weight is 389 g/mol. The van der Waals surface area contributed by atoms with Crippen LogP contribution in [0.4, 0.5) is 0 Å². The topological polar surface area (TPSA) is 76.7 Å². The summed E-state index contributed by atoms with van der Waals surface area (Å²) < 4.78 is 11.8. The lowest BCUT2D eigenvalue weighted by Gasteiger charge is -2.18. The van der Waals surface area contributed by atoms with Crippen LogP contribution in [0.1, 0.15) is 20.0 Å². The lowest BCUT2D eigenvalue weighted by molar-refractivity contribution is 0.0848. The molecule has 1 aromatic heterocycles. The van der Waals surface area contributed by atoms with Crippen LogP contribution in [-0.2, 0) is 0 Å². The number of amides is 2. The van der Waals surface area contributed by atoms with E-state index in [1.165, 1.54) is 11.3 Å².